The molecule has 0 spiro atoms. The van der Waals surface area contributed by atoms with Gasteiger partial charge in [0.2, 0.25) is 0 Å². The number of halogens is 1. The van der Waals surface area contributed by atoms with Gasteiger partial charge in [0.25, 0.3) is 5.82 Å². The lowest BCUT2D eigenvalue weighted by molar-refractivity contribution is 0.0695. The zero-order valence-corrected chi connectivity index (χ0v) is 9.92. The van der Waals surface area contributed by atoms with Crippen molar-refractivity contribution >= 4 is 21.9 Å². The molecular formula is C10H5BrN4O2. The second-order valence-electron chi connectivity index (χ2n) is 3.06. The number of rotatable bonds is 2. The smallest absolute Gasteiger partial charge is 0.339 e. The number of nitrogens with zero attached hydrogens (tertiary/aromatic N) is 4. The normalized spacial score (nSPS) is 9.88. The van der Waals surface area contributed by atoms with Gasteiger partial charge < -0.3 is 5.11 Å². The van der Waals surface area contributed by atoms with E-state index < -0.39 is 5.97 Å². The van der Waals surface area contributed by atoms with Crippen molar-refractivity contribution in [1.82, 2.24) is 14.8 Å². The number of aromatic nitrogens is 3. The fraction of sp³-hybridized carbons (Fsp3) is 0. The van der Waals surface area contributed by atoms with E-state index in [0.717, 1.165) is 0 Å². The maximum Gasteiger partial charge on any atom is 0.339 e. The summed E-state index contributed by atoms with van der Waals surface area (Å²) in [7, 11) is 0. The third-order valence-corrected chi connectivity index (χ3v) is 2.70. The highest BCUT2D eigenvalue weighted by atomic mass is 79.9. The van der Waals surface area contributed by atoms with Gasteiger partial charge in [-0.3, -0.25) is 0 Å². The lowest BCUT2D eigenvalue weighted by atomic mass is 10.2. The third kappa shape index (κ3) is 2.03. The van der Waals surface area contributed by atoms with Crippen LogP contribution in [0.4, 0.5) is 0 Å². The zero-order chi connectivity index (χ0) is 12.4. The number of carbonyl (C=O) groups is 1. The maximum absolute atomic E-state index is 11.1. The number of hydrogen-bond donors (Lipinski definition) is 1. The van der Waals surface area contributed by atoms with Crippen LogP contribution in [-0.2, 0) is 0 Å². The van der Waals surface area contributed by atoms with Gasteiger partial charge in [-0.25, -0.2) is 14.5 Å². The molecule has 1 heterocycles. The average molecular weight is 293 g/mol. The molecule has 0 saturated carbocycles. The Morgan fingerprint density at radius 3 is 2.88 bits per heavy atom. The molecule has 2 rings (SSSR count). The predicted molar refractivity (Wildman–Crippen MR) is 60.7 cm³/mol. The van der Waals surface area contributed by atoms with Crippen LogP contribution in [0.1, 0.15) is 16.2 Å². The monoisotopic (exact) mass is 292 g/mol. The molecular weight excluding hydrogens is 288 g/mol. The average Bonchev–Trinajstić information content (AvgIpc) is 2.76. The van der Waals surface area contributed by atoms with Crippen LogP contribution in [0.2, 0.25) is 0 Å². The van der Waals surface area contributed by atoms with E-state index in [1.807, 2.05) is 0 Å². The Hall–Kier alpha value is -2.20. The Morgan fingerprint density at radius 1 is 1.53 bits per heavy atom. The van der Waals surface area contributed by atoms with Crippen molar-refractivity contribution in [2.45, 2.75) is 0 Å². The Kier molecular flexibility index (Phi) is 2.89. The quantitative estimate of drug-likeness (QED) is 0.908. The summed E-state index contributed by atoms with van der Waals surface area (Å²) in [6.07, 6.45) is 1.30. The van der Waals surface area contributed by atoms with Crippen molar-refractivity contribution < 1.29 is 9.90 Å². The van der Waals surface area contributed by atoms with Crippen molar-refractivity contribution in [3.8, 4) is 11.8 Å². The number of carboxylic acid groups (broad SMARTS) is 1. The van der Waals surface area contributed by atoms with Gasteiger partial charge in [0.1, 0.15) is 12.4 Å². The molecule has 0 atom stereocenters. The first-order chi connectivity index (χ1) is 8.13. The van der Waals surface area contributed by atoms with Crippen molar-refractivity contribution in [2.75, 3.05) is 0 Å². The Bertz CT molecular complexity index is 629. The van der Waals surface area contributed by atoms with Gasteiger partial charge in [-0.1, -0.05) is 6.07 Å². The second-order valence-corrected chi connectivity index (χ2v) is 3.92. The van der Waals surface area contributed by atoms with Gasteiger partial charge in [-0.15, -0.1) is 5.10 Å². The van der Waals surface area contributed by atoms with Crippen molar-refractivity contribution in [1.29, 1.82) is 5.26 Å². The van der Waals surface area contributed by atoms with Crippen LogP contribution in [-0.4, -0.2) is 25.8 Å². The summed E-state index contributed by atoms with van der Waals surface area (Å²) in [6, 6.07) is 6.67. The van der Waals surface area contributed by atoms with Gasteiger partial charge >= 0.3 is 5.97 Å². The zero-order valence-electron chi connectivity index (χ0n) is 8.33. The Balaban J connectivity index is 2.63. The molecule has 0 unspecified atom stereocenters. The van der Waals surface area contributed by atoms with Crippen LogP contribution in [0, 0.1) is 11.3 Å². The fourth-order valence-electron chi connectivity index (χ4n) is 1.35. The molecule has 0 aliphatic carbocycles. The molecule has 6 nitrogen and oxygen atoms in total. The number of hydrogen-bond acceptors (Lipinski definition) is 4. The second kappa shape index (κ2) is 4.35. The molecule has 84 valence electrons. The van der Waals surface area contributed by atoms with Gasteiger partial charge in [0, 0.05) is 4.47 Å². The van der Waals surface area contributed by atoms with Gasteiger partial charge in [-0.2, -0.15) is 5.26 Å². The Morgan fingerprint density at radius 2 is 2.29 bits per heavy atom. The third-order valence-electron chi connectivity index (χ3n) is 2.04. The van der Waals surface area contributed by atoms with E-state index in [1.54, 1.807) is 24.3 Å². The van der Waals surface area contributed by atoms with Crippen molar-refractivity contribution in [3.63, 3.8) is 0 Å². The number of carboxylic acids is 1. The number of benzene rings is 1. The van der Waals surface area contributed by atoms with E-state index in [4.69, 9.17) is 10.4 Å². The summed E-state index contributed by atoms with van der Waals surface area (Å²) in [5, 5.41) is 21.6. The molecule has 7 heteroatoms. The highest BCUT2D eigenvalue weighted by Gasteiger charge is 2.16. The van der Waals surface area contributed by atoms with Crippen LogP contribution in [0.15, 0.2) is 29.0 Å². The molecule has 0 bridgehead atoms. The molecule has 0 aliphatic heterocycles. The van der Waals surface area contributed by atoms with E-state index in [9.17, 15) is 4.79 Å². The lowest BCUT2D eigenvalue weighted by Crippen LogP contribution is -2.07. The minimum Gasteiger partial charge on any atom is -0.478 e. The fourth-order valence-corrected chi connectivity index (χ4v) is 1.87. The minimum atomic E-state index is -1.08. The first-order valence-corrected chi connectivity index (χ1v) is 5.26. The molecule has 1 aromatic heterocycles. The van der Waals surface area contributed by atoms with Crippen LogP contribution in [0.5, 0.6) is 0 Å². The molecule has 0 aliphatic rings. The summed E-state index contributed by atoms with van der Waals surface area (Å²) in [5.74, 6) is -1.09. The Labute approximate surface area is 104 Å². The predicted octanol–water partition coefficient (Wildman–Crippen LogP) is 1.60. The van der Waals surface area contributed by atoms with Crippen LogP contribution >= 0.6 is 15.9 Å². The summed E-state index contributed by atoms with van der Waals surface area (Å²) < 4.78 is 1.70. The molecule has 17 heavy (non-hydrogen) atoms. The summed E-state index contributed by atoms with van der Waals surface area (Å²) in [5.41, 5.74) is 0.419. The molecule has 0 amide bonds. The standard InChI is InChI=1S/C10H5BrN4O2/c11-6-2-1-3-7(9(6)10(16)17)15-5-13-8(4-12)14-15/h1-3,5H,(H,16,17). The molecule has 2 aromatic rings. The number of nitriles is 1. The van der Waals surface area contributed by atoms with E-state index >= 15 is 0 Å². The van der Waals surface area contributed by atoms with E-state index in [-0.39, 0.29) is 11.4 Å². The summed E-state index contributed by atoms with van der Waals surface area (Å²) in [4.78, 5) is 14.9. The van der Waals surface area contributed by atoms with E-state index in [2.05, 4.69) is 26.0 Å². The van der Waals surface area contributed by atoms with Crippen molar-refractivity contribution in [2.24, 2.45) is 0 Å². The first-order valence-electron chi connectivity index (χ1n) is 4.47. The van der Waals surface area contributed by atoms with Crippen LogP contribution in [0.3, 0.4) is 0 Å². The lowest BCUT2D eigenvalue weighted by Gasteiger charge is -2.06. The SMILES string of the molecule is N#Cc1ncn(-c2cccc(Br)c2C(=O)O)n1. The van der Waals surface area contributed by atoms with Gasteiger partial charge in [0.15, 0.2) is 0 Å². The topological polar surface area (TPSA) is 91.8 Å². The minimum absolute atomic E-state index is 0.0127. The summed E-state index contributed by atoms with van der Waals surface area (Å²) in [6.45, 7) is 0. The molecule has 0 saturated heterocycles. The molecule has 1 aromatic carbocycles. The largest absolute Gasteiger partial charge is 0.478 e. The van der Waals surface area contributed by atoms with Crippen molar-refractivity contribution in [3.05, 3.63) is 40.4 Å². The highest BCUT2D eigenvalue weighted by molar-refractivity contribution is 9.10. The van der Waals surface area contributed by atoms with E-state index in [1.165, 1.54) is 11.0 Å². The first kappa shape index (κ1) is 11.3. The summed E-state index contributed by atoms with van der Waals surface area (Å²) >= 11 is 3.16. The van der Waals surface area contributed by atoms with Gasteiger partial charge in [-0.05, 0) is 28.1 Å². The molecule has 0 radical (unpaired) electrons. The molecule has 0 fully saturated rings. The number of aromatic carboxylic acids is 1. The van der Waals surface area contributed by atoms with Gasteiger partial charge in [0.05, 0.1) is 11.3 Å². The highest BCUT2D eigenvalue weighted by Crippen LogP contribution is 2.23. The van der Waals surface area contributed by atoms with E-state index in [0.29, 0.717) is 10.2 Å². The van der Waals surface area contributed by atoms with Crippen LogP contribution in [0.25, 0.3) is 5.69 Å². The van der Waals surface area contributed by atoms with Crippen LogP contribution < -0.4 is 0 Å². The molecule has 1 N–H and O–H groups in total. The maximum atomic E-state index is 11.1.